The first-order valence-corrected chi connectivity index (χ1v) is 10.2. The molecule has 2 fully saturated rings. The number of benzene rings is 2. The maximum absolute atomic E-state index is 14.4. The molecule has 1 spiro atoms. The fourth-order valence-corrected chi connectivity index (χ4v) is 4.11. The minimum absolute atomic E-state index is 0.229. The molecule has 0 unspecified atom stereocenters. The van der Waals surface area contributed by atoms with Crippen LogP contribution in [-0.2, 0) is 9.47 Å². The van der Waals surface area contributed by atoms with Crippen molar-refractivity contribution in [2.75, 3.05) is 26.3 Å². The van der Waals surface area contributed by atoms with E-state index in [9.17, 15) is 13.6 Å². The Hall–Kier alpha value is -3.10. The van der Waals surface area contributed by atoms with Gasteiger partial charge in [-0.15, -0.1) is 0 Å². The highest BCUT2D eigenvalue weighted by Gasteiger charge is 2.41. The highest BCUT2D eigenvalue weighted by Crippen LogP contribution is 2.32. The first-order valence-electron chi connectivity index (χ1n) is 10.2. The Bertz CT molecular complexity index is 1100. The number of carbonyl (C=O) groups excluding carboxylic acids is 1. The average molecular weight is 425 g/mol. The minimum Gasteiger partial charge on any atom is -0.347 e. The van der Waals surface area contributed by atoms with Gasteiger partial charge in [0.2, 0.25) is 0 Å². The summed E-state index contributed by atoms with van der Waals surface area (Å²) in [6, 6.07) is 13.5. The van der Waals surface area contributed by atoms with E-state index in [1.807, 2.05) is 0 Å². The van der Waals surface area contributed by atoms with E-state index in [0.29, 0.717) is 56.1 Å². The number of halogens is 2. The van der Waals surface area contributed by atoms with E-state index in [0.717, 1.165) is 0 Å². The number of piperidine rings is 1. The Kier molecular flexibility index (Phi) is 5.03. The van der Waals surface area contributed by atoms with E-state index in [1.54, 1.807) is 29.2 Å². The predicted molar refractivity (Wildman–Crippen MR) is 109 cm³/mol. The van der Waals surface area contributed by atoms with Gasteiger partial charge in [-0.25, -0.2) is 13.5 Å². The van der Waals surface area contributed by atoms with E-state index in [1.165, 1.54) is 35.0 Å². The van der Waals surface area contributed by atoms with Crippen LogP contribution in [0.3, 0.4) is 0 Å². The third kappa shape index (κ3) is 3.73. The molecule has 31 heavy (non-hydrogen) atoms. The van der Waals surface area contributed by atoms with Crippen LogP contribution < -0.4 is 0 Å². The van der Waals surface area contributed by atoms with Gasteiger partial charge in [0.15, 0.2) is 5.79 Å². The summed E-state index contributed by atoms with van der Waals surface area (Å²) in [7, 11) is 0. The zero-order valence-electron chi connectivity index (χ0n) is 16.8. The number of hydrogen-bond acceptors (Lipinski definition) is 4. The molecule has 6 nitrogen and oxygen atoms in total. The largest absolute Gasteiger partial charge is 0.347 e. The summed E-state index contributed by atoms with van der Waals surface area (Å²) in [5, 5.41) is 4.49. The molecule has 2 saturated heterocycles. The van der Waals surface area contributed by atoms with Crippen molar-refractivity contribution in [3.8, 4) is 16.9 Å². The molecular weight excluding hydrogens is 404 g/mol. The molecule has 8 heteroatoms. The molecule has 160 valence electrons. The van der Waals surface area contributed by atoms with Gasteiger partial charge in [0.25, 0.3) is 5.91 Å². The molecule has 3 aromatic rings. The van der Waals surface area contributed by atoms with Crippen molar-refractivity contribution in [3.63, 3.8) is 0 Å². The van der Waals surface area contributed by atoms with Crippen molar-refractivity contribution in [3.05, 3.63) is 71.9 Å². The van der Waals surface area contributed by atoms with Crippen LogP contribution in [0.25, 0.3) is 16.9 Å². The number of carbonyl (C=O) groups is 1. The Labute approximate surface area is 178 Å². The average Bonchev–Trinajstić information content (AvgIpc) is 3.42. The Morgan fingerprint density at radius 1 is 0.968 bits per heavy atom. The van der Waals surface area contributed by atoms with Gasteiger partial charge in [-0.05, 0) is 42.5 Å². The van der Waals surface area contributed by atoms with Crippen molar-refractivity contribution in [2.45, 2.75) is 18.6 Å². The molecule has 3 heterocycles. The monoisotopic (exact) mass is 425 g/mol. The van der Waals surface area contributed by atoms with E-state index in [-0.39, 0.29) is 11.6 Å². The highest BCUT2D eigenvalue weighted by atomic mass is 19.1. The standard InChI is InChI=1S/C23H21F2N3O3/c24-16-5-7-17(8-6-16)28-21(15-20(26-28)18-3-1-2-4-19(18)25)22(29)27-11-9-23(10-12-27)30-13-14-31-23/h1-8,15H,9-14H2. The molecule has 0 saturated carbocycles. The second kappa shape index (κ2) is 7.86. The van der Waals surface area contributed by atoms with Gasteiger partial charge >= 0.3 is 0 Å². The van der Waals surface area contributed by atoms with Crippen LogP contribution in [0, 0.1) is 11.6 Å². The molecule has 2 aliphatic rings. The lowest BCUT2D eigenvalue weighted by Gasteiger charge is -2.37. The maximum Gasteiger partial charge on any atom is 0.272 e. The van der Waals surface area contributed by atoms with E-state index in [2.05, 4.69) is 5.10 Å². The van der Waals surface area contributed by atoms with Gasteiger partial charge in [-0.3, -0.25) is 4.79 Å². The van der Waals surface area contributed by atoms with Gasteiger partial charge in [-0.1, -0.05) is 12.1 Å². The smallest absolute Gasteiger partial charge is 0.272 e. The van der Waals surface area contributed by atoms with Gasteiger partial charge in [0.05, 0.1) is 24.6 Å². The summed E-state index contributed by atoms with van der Waals surface area (Å²) in [5.41, 5.74) is 1.43. The maximum atomic E-state index is 14.4. The number of ether oxygens (including phenoxy) is 2. The Balaban J connectivity index is 1.50. The topological polar surface area (TPSA) is 56.6 Å². The number of rotatable bonds is 3. The predicted octanol–water partition coefficient (Wildman–Crippen LogP) is 3.80. The summed E-state index contributed by atoms with van der Waals surface area (Å²) in [6.07, 6.45) is 1.17. The first kappa shape index (κ1) is 19.8. The lowest BCUT2D eigenvalue weighted by molar-refractivity contribution is -0.181. The molecule has 5 rings (SSSR count). The quantitative estimate of drug-likeness (QED) is 0.641. The third-order valence-electron chi connectivity index (χ3n) is 5.78. The lowest BCUT2D eigenvalue weighted by atomic mass is 10.0. The fraction of sp³-hybridized carbons (Fsp3) is 0.304. The van der Waals surface area contributed by atoms with E-state index >= 15 is 0 Å². The SMILES string of the molecule is O=C(c1cc(-c2ccccc2F)nn1-c1ccc(F)cc1)N1CCC2(CC1)OCCO2. The van der Waals surface area contributed by atoms with Crippen molar-refractivity contribution in [2.24, 2.45) is 0 Å². The molecule has 0 radical (unpaired) electrons. The molecule has 1 amide bonds. The van der Waals surface area contributed by atoms with Gasteiger partial charge in [-0.2, -0.15) is 5.10 Å². The molecule has 1 aromatic heterocycles. The minimum atomic E-state index is -0.591. The summed E-state index contributed by atoms with van der Waals surface area (Å²) in [5.74, 6) is -1.64. The van der Waals surface area contributed by atoms with Crippen LogP contribution in [0.2, 0.25) is 0 Å². The highest BCUT2D eigenvalue weighted by molar-refractivity contribution is 5.94. The number of hydrogen-bond donors (Lipinski definition) is 0. The second-order valence-electron chi connectivity index (χ2n) is 7.68. The van der Waals surface area contributed by atoms with Crippen molar-refractivity contribution in [1.82, 2.24) is 14.7 Å². The zero-order chi connectivity index (χ0) is 21.4. The zero-order valence-corrected chi connectivity index (χ0v) is 16.8. The summed E-state index contributed by atoms with van der Waals surface area (Å²) in [6.45, 7) is 2.08. The van der Waals surface area contributed by atoms with Crippen LogP contribution in [0.4, 0.5) is 8.78 Å². The molecule has 0 bridgehead atoms. The lowest BCUT2D eigenvalue weighted by Crippen LogP contribution is -2.47. The van der Waals surface area contributed by atoms with Crippen LogP contribution in [0.15, 0.2) is 54.6 Å². The molecule has 0 atom stereocenters. The second-order valence-corrected chi connectivity index (χ2v) is 7.68. The van der Waals surface area contributed by atoms with Crippen molar-refractivity contribution in [1.29, 1.82) is 0 Å². The van der Waals surface area contributed by atoms with Crippen LogP contribution in [-0.4, -0.2) is 52.7 Å². The number of aromatic nitrogens is 2. The molecule has 2 aromatic carbocycles. The van der Waals surface area contributed by atoms with Gasteiger partial charge in [0, 0.05) is 31.5 Å². The van der Waals surface area contributed by atoms with E-state index < -0.39 is 17.4 Å². The summed E-state index contributed by atoms with van der Waals surface area (Å²) in [4.78, 5) is 15.1. The van der Waals surface area contributed by atoms with Crippen LogP contribution >= 0.6 is 0 Å². The molecule has 0 aliphatic carbocycles. The normalized spacial score (nSPS) is 17.9. The first-order chi connectivity index (χ1) is 15.0. The van der Waals surface area contributed by atoms with Gasteiger partial charge in [0.1, 0.15) is 17.3 Å². The number of nitrogens with zero attached hydrogens (tertiary/aromatic N) is 3. The van der Waals surface area contributed by atoms with Crippen LogP contribution in [0.5, 0.6) is 0 Å². The van der Waals surface area contributed by atoms with E-state index in [4.69, 9.17) is 9.47 Å². The Morgan fingerprint density at radius 3 is 2.32 bits per heavy atom. The molecule has 2 aliphatic heterocycles. The number of amides is 1. The van der Waals surface area contributed by atoms with Crippen molar-refractivity contribution < 1.29 is 23.0 Å². The molecule has 0 N–H and O–H groups in total. The molecular formula is C23H21F2N3O3. The van der Waals surface area contributed by atoms with Crippen molar-refractivity contribution >= 4 is 5.91 Å². The summed E-state index contributed by atoms with van der Waals surface area (Å²) < 4.78 is 40.7. The third-order valence-corrected chi connectivity index (χ3v) is 5.78. The fourth-order valence-electron chi connectivity index (χ4n) is 4.11. The van der Waals surface area contributed by atoms with Gasteiger partial charge < -0.3 is 14.4 Å². The summed E-state index contributed by atoms with van der Waals surface area (Å²) >= 11 is 0. The Morgan fingerprint density at radius 2 is 1.65 bits per heavy atom. The number of likely N-dealkylation sites (tertiary alicyclic amines) is 1. The van der Waals surface area contributed by atoms with Crippen LogP contribution in [0.1, 0.15) is 23.3 Å².